The summed E-state index contributed by atoms with van der Waals surface area (Å²) in [7, 11) is 0. The number of fused-ring (bicyclic) bond motifs is 1. The Hall–Kier alpha value is -2.32. The SMILES string of the molecule is C#CCN1CCC[C@H]1C(=O)NCCc1cn2ccccc2n1. The Morgan fingerprint density at radius 3 is 3.23 bits per heavy atom. The van der Waals surface area contributed by atoms with Gasteiger partial charge in [-0.2, -0.15) is 0 Å². The van der Waals surface area contributed by atoms with Gasteiger partial charge < -0.3 is 9.72 Å². The molecular weight excluding hydrogens is 276 g/mol. The molecule has 0 unspecified atom stereocenters. The number of likely N-dealkylation sites (tertiary alicyclic amines) is 1. The monoisotopic (exact) mass is 296 g/mol. The van der Waals surface area contributed by atoms with Gasteiger partial charge in [-0.25, -0.2) is 4.98 Å². The molecule has 2 aromatic rings. The normalized spacial score (nSPS) is 18.4. The first kappa shape index (κ1) is 14.6. The van der Waals surface area contributed by atoms with E-state index in [0.29, 0.717) is 13.1 Å². The molecule has 0 aliphatic carbocycles. The van der Waals surface area contributed by atoms with E-state index >= 15 is 0 Å². The molecule has 3 rings (SSSR count). The lowest BCUT2D eigenvalue weighted by atomic mass is 10.2. The fourth-order valence-electron chi connectivity index (χ4n) is 2.97. The lowest BCUT2D eigenvalue weighted by molar-refractivity contribution is -0.125. The molecule has 1 aliphatic heterocycles. The minimum Gasteiger partial charge on any atom is -0.354 e. The average molecular weight is 296 g/mol. The maximum absolute atomic E-state index is 12.2. The van der Waals surface area contributed by atoms with E-state index in [1.54, 1.807) is 0 Å². The summed E-state index contributed by atoms with van der Waals surface area (Å²) in [5.41, 5.74) is 1.92. The van der Waals surface area contributed by atoms with E-state index in [2.05, 4.69) is 21.1 Å². The van der Waals surface area contributed by atoms with Crippen LogP contribution in [0, 0.1) is 12.3 Å². The number of terminal acetylenes is 1. The summed E-state index contributed by atoms with van der Waals surface area (Å²) in [6, 6.07) is 5.84. The lowest BCUT2D eigenvalue weighted by Crippen LogP contribution is -2.43. The summed E-state index contributed by atoms with van der Waals surface area (Å²) in [5.74, 6) is 2.70. The summed E-state index contributed by atoms with van der Waals surface area (Å²) < 4.78 is 1.99. The Bertz CT molecular complexity index is 667. The number of imidazole rings is 1. The predicted octanol–water partition coefficient (Wildman–Crippen LogP) is 1.09. The molecular formula is C17H20N4O. The zero-order valence-electron chi connectivity index (χ0n) is 12.5. The molecule has 1 fully saturated rings. The number of nitrogens with zero attached hydrogens (tertiary/aromatic N) is 3. The van der Waals surface area contributed by atoms with Crippen LogP contribution in [0.5, 0.6) is 0 Å². The van der Waals surface area contributed by atoms with Crippen molar-refractivity contribution in [3.05, 3.63) is 36.3 Å². The van der Waals surface area contributed by atoms with Crippen LogP contribution in [-0.2, 0) is 11.2 Å². The smallest absolute Gasteiger partial charge is 0.237 e. The Morgan fingerprint density at radius 2 is 2.41 bits per heavy atom. The highest BCUT2D eigenvalue weighted by atomic mass is 16.2. The van der Waals surface area contributed by atoms with Gasteiger partial charge in [0, 0.05) is 25.4 Å². The maximum Gasteiger partial charge on any atom is 0.237 e. The van der Waals surface area contributed by atoms with Crippen molar-refractivity contribution < 1.29 is 4.79 Å². The van der Waals surface area contributed by atoms with Crippen molar-refractivity contribution >= 4 is 11.6 Å². The third-order valence-electron chi connectivity index (χ3n) is 4.05. The van der Waals surface area contributed by atoms with Crippen LogP contribution < -0.4 is 5.32 Å². The largest absolute Gasteiger partial charge is 0.354 e. The number of carbonyl (C=O) groups is 1. The molecule has 0 bridgehead atoms. The molecule has 1 N–H and O–H groups in total. The number of aromatic nitrogens is 2. The van der Waals surface area contributed by atoms with Crippen molar-refractivity contribution in [2.24, 2.45) is 0 Å². The molecule has 1 saturated heterocycles. The molecule has 0 aromatic carbocycles. The molecule has 1 amide bonds. The number of amides is 1. The Balaban J connectivity index is 1.52. The van der Waals surface area contributed by atoms with Gasteiger partial charge in [0.2, 0.25) is 5.91 Å². The molecule has 0 radical (unpaired) electrons. The number of nitrogens with one attached hydrogen (secondary N) is 1. The zero-order chi connectivity index (χ0) is 15.4. The topological polar surface area (TPSA) is 49.6 Å². The molecule has 1 aliphatic rings. The Morgan fingerprint density at radius 1 is 1.50 bits per heavy atom. The Kier molecular flexibility index (Phi) is 4.40. The van der Waals surface area contributed by atoms with Crippen molar-refractivity contribution in [1.82, 2.24) is 19.6 Å². The third kappa shape index (κ3) is 3.12. The van der Waals surface area contributed by atoms with E-state index in [9.17, 15) is 4.79 Å². The van der Waals surface area contributed by atoms with Gasteiger partial charge in [0.1, 0.15) is 5.65 Å². The van der Waals surface area contributed by atoms with E-state index in [1.165, 1.54) is 0 Å². The second-order valence-corrected chi connectivity index (χ2v) is 5.57. The van der Waals surface area contributed by atoms with E-state index in [1.807, 2.05) is 35.0 Å². The van der Waals surface area contributed by atoms with Crippen molar-refractivity contribution in [2.75, 3.05) is 19.6 Å². The molecule has 22 heavy (non-hydrogen) atoms. The second-order valence-electron chi connectivity index (χ2n) is 5.57. The molecule has 2 aromatic heterocycles. The predicted molar refractivity (Wildman–Crippen MR) is 85.3 cm³/mol. The number of hydrogen-bond donors (Lipinski definition) is 1. The fourth-order valence-corrected chi connectivity index (χ4v) is 2.97. The molecule has 0 saturated carbocycles. The highest BCUT2D eigenvalue weighted by Crippen LogP contribution is 2.16. The van der Waals surface area contributed by atoms with Crippen LogP contribution in [0.15, 0.2) is 30.6 Å². The van der Waals surface area contributed by atoms with Gasteiger partial charge in [-0.1, -0.05) is 12.0 Å². The first-order valence-corrected chi connectivity index (χ1v) is 7.66. The van der Waals surface area contributed by atoms with Crippen LogP contribution in [-0.4, -0.2) is 45.9 Å². The molecule has 1 atom stereocenters. The number of rotatable bonds is 5. The number of hydrogen-bond acceptors (Lipinski definition) is 3. The van der Waals surface area contributed by atoms with Crippen LogP contribution in [0.3, 0.4) is 0 Å². The van der Waals surface area contributed by atoms with Crippen molar-refractivity contribution in [3.63, 3.8) is 0 Å². The van der Waals surface area contributed by atoms with E-state index in [0.717, 1.165) is 37.1 Å². The minimum atomic E-state index is -0.0721. The van der Waals surface area contributed by atoms with Gasteiger partial charge >= 0.3 is 0 Å². The molecule has 114 valence electrons. The highest BCUT2D eigenvalue weighted by molar-refractivity contribution is 5.82. The van der Waals surface area contributed by atoms with E-state index in [-0.39, 0.29) is 11.9 Å². The molecule has 3 heterocycles. The highest BCUT2D eigenvalue weighted by Gasteiger charge is 2.29. The van der Waals surface area contributed by atoms with Crippen LogP contribution in [0.2, 0.25) is 0 Å². The van der Waals surface area contributed by atoms with Gasteiger partial charge in [-0.05, 0) is 31.5 Å². The van der Waals surface area contributed by atoms with Gasteiger partial charge in [0.25, 0.3) is 0 Å². The fraction of sp³-hybridized carbons (Fsp3) is 0.412. The summed E-state index contributed by atoms with van der Waals surface area (Å²) in [6.07, 6.45) is 12.0. The quantitative estimate of drug-likeness (QED) is 0.840. The average Bonchev–Trinajstić information content (AvgIpc) is 3.13. The van der Waals surface area contributed by atoms with Gasteiger partial charge in [-0.3, -0.25) is 9.69 Å². The van der Waals surface area contributed by atoms with Crippen LogP contribution in [0.4, 0.5) is 0 Å². The van der Waals surface area contributed by atoms with Crippen molar-refractivity contribution in [2.45, 2.75) is 25.3 Å². The van der Waals surface area contributed by atoms with Crippen molar-refractivity contribution in [3.8, 4) is 12.3 Å². The van der Waals surface area contributed by atoms with Gasteiger partial charge in [0.05, 0.1) is 18.3 Å². The summed E-state index contributed by atoms with van der Waals surface area (Å²) in [5, 5.41) is 3.01. The van der Waals surface area contributed by atoms with Gasteiger partial charge in [-0.15, -0.1) is 6.42 Å². The van der Waals surface area contributed by atoms with Crippen molar-refractivity contribution in [1.29, 1.82) is 0 Å². The molecule has 5 heteroatoms. The first-order valence-electron chi connectivity index (χ1n) is 7.66. The van der Waals surface area contributed by atoms with Crippen LogP contribution in [0.1, 0.15) is 18.5 Å². The number of pyridine rings is 1. The van der Waals surface area contributed by atoms with E-state index in [4.69, 9.17) is 6.42 Å². The lowest BCUT2D eigenvalue weighted by Gasteiger charge is -2.21. The van der Waals surface area contributed by atoms with E-state index < -0.39 is 0 Å². The molecule has 0 spiro atoms. The summed E-state index contributed by atoms with van der Waals surface area (Å²) >= 11 is 0. The molecule has 5 nitrogen and oxygen atoms in total. The summed E-state index contributed by atoms with van der Waals surface area (Å²) in [6.45, 7) is 2.06. The number of carbonyl (C=O) groups excluding carboxylic acids is 1. The van der Waals surface area contributed by atoms with Crippen LogP contribution >= 0.6 is 0 Å². The maximum atomic E-state index is 12.2. The van der Waals surface area contributed by atoms with Crippen LogP contribution in [0.25, 0.3) is 5.65 Å². The zero-order valence-corrected chi connectivity index (χ0v) is 12.5. The third-order valence-corrected chi connectivity index (χ3v) is 4.05. The first-order chi connectivity index (χ1) is 10.8. The minimum absolute atomic E-state index is 0.0721. The summed E-state index contributed by atoms with van der Waals surface area (Å²) in [4.78, 5) is 18.8. The second kappa shape index (κ2) is 6.63. The standard InChI is InChI=1S/C17H20N4O/c1-2-10-20-12-5-6-15(20)17(22)18-9-8-14-13-21-11-4-3-7-16(21)19-14/h1,3-4,7,11,13,15H,5-6,8-10,12H2,(H,18,22)/t15-/m0/s1. The van der Waals surface area contributed by atoms with Gasteiger partial charge in [0.15, 0.2) is 0 Å². The Labute approximate surface area is 130 Å².